The zero-order valence-electron chi connectivity index (χ0n) is 12.8. The third-order valence-corrected chi connectivity index (χ3v) is 2.90. The minimum absolute atomic E-state index is 0.0640. The Hall–Kier alpha value is -1.26. The molecule has 0 saturated carbocycles. The molecule has 0 heterocycles. The van der Waals surface area contributed by atoms with Gasteiger partial charge in [0.2, 0.25) is 0 Å². The van der Waals surface area contributed by atoms with Crippen LogP contribution in [0.1, 0.15) is 47.5 Å². The monoisotopic (exact) mass is 272 g/mol. The lowest BCUT2D eigenvalue weighted by molar-refractivity contribution is -0.137. The molecule has 2 N–H and O–H groups in total. The minimum Gasteiger partial charge on any atom is -0.481 e. The summed E-state index contributed by atoms with van der Waals surface area (Å²) in [5.41, 5.74) is 0. The van der Waals surface area contributed by atoms with Gasteiger partial charge in [-0.1, -0.05) is 20.8 Å². The number of carbonyl (C=O) groups is 2. The third kappa shape index (κ3) is 8.46. The Morgan fingerprint density at radius 2 is 1.74 bits per heavy atom. The van der Waals surface area contributed by atoms with Crippen molar-refractivity contribution in [2.75, 3.05) is 13.1 Å². The lowest BCUT2D eigenvalue weighted by atomic mass is 10.1. The first-order valence-corrected chi connectivity index (χ1v) is 7.00. The van der Waals surface area contributed by atoms with E-state index < -0.39 is 5.97 Å². The number of rotatable bonds is 8. The van der Waals surface area contributed by atoms with Crippen molar-refractivity contribution in [1.29, 1.82) is 0 Å². The number of carboxylic acid groups (broad SMARTS) is 1. The molecule has 2 amide bonds. The smallest absolute Gasteiger partial charge is 0.317 e. The first kappa shape index (κ1) is 17.7. The van der Waals surface area contributed by atoms with E-state index in [1.807, 2.05) is 25.7 Å². The summed E-state index contributed by atoms with van der Waals surface area (Å²) in [5, 5.41) is 11.5. The van der Waals surface area contributed by atoms with Crippen molar-refractivity contribution in [3.8, 4) is 0 Å². The van der Waals surface area contributed by atoms with Gasteiger partial charge >= 0.3 is 12.0 Å². The molecule has 0 aromatic rings. The van der Waals surface area contributed by atoms with Crippen LogP contribution in [-0.2, 0) is 4.79 Å². The number of hydrogen-bond acceptors (Lipinski definition) is 2. The summed E-state index contributed by atoms with van der Waals surface area (Å²) in [4.78, 5) is 24.3. The molecule has 0 bridgehead atoms. The van der Waals surface area contributed by atoms with E-state index in [4.69, 9.17) is 5.11 Å². The summed E-state index contributed by atoms with van der Waals surface area (Å²) >= 11 is 0. The van der Waals surface area contributed by atoms with Gasteiger partial charge in [-0.15, -0.1) is 0 Å². The lowest BCUT2D eigenvalue weighted by Crippen LogP contribution is -2.46. The molecule has 0 aliphatic carbocycles. The first-order chi connectivity index (χ1) is 8.73. The van der Waals surface area contributed by atoms with Gasteiger partial charge in [0.1, 0.15) is 0 Å². The number of carboxylic acids is 1. The minimum atomic E-state index is -0.790. The molecule has 19 heavy (non-hydrogen) atoms. The van der Waals surface area contributed by atoms with Crippen molar-refractivity contribution in [2.45, 2.75) is 53.5 Å². The molecule has 0 rings (SSSR count). The quantitative estimate of drug-likeness (QED) is 0.713. The van der Waals surface area contributed by atoms with E-state index in [-0.39, 0.29) is 24.4 Å². The Balaban J connectivity index is 4.15. The first-order valence-electron chi connectivity index (χ1n) is 7.00. The predicted molar refractivity (Wildman–Crippen MR) is 76.1 cm³/mol. The van der Waals surface area contributed by atoms with E-state index in [2.05, 4.69) is 19.2 Å². The highest BCUT2D eigenvalue weighted by Crippen LogP contribution is 2.07. The maximum Gasteiger partial charge on any atom is 0.317 e. The molecular weight excluding hydrogens is 244 g/mol. The fourth-order valence-electron chi connectivity index (χ4n) is 1.76. The molecule has 5 nitrogen and oxygen atoms in total. The van der Waals surface area contributed by atoms with Gasteiger partial charge in [-0.25, -0.2) is 4.79 Å². The molecule has 0 saturated heterocycles. The molecule has 0 radical (unpaired) electrons. The van der Waals surface area contributed by atoms with Crippen LogP contribution in [0.4, 0.5) is 4.79 Å². The van der Waals surface area contributed by atoms with Gasteiger partial charge in [-0.05, 0) is 32.1 Å². The number of nitrogens with zero attached hydrogens (tertiary/aromatic N) is 1. The van der Waals surface area contributed by atoms with E-state index in [1.165, 1.54) is 0 Å². The van der Waals surface area contributed by atoms with E-state index in [0.717, 1.165) is 6.54 Å². The van der Waals surface area contributed by atoms with Crippen LogP contribution >= 0.6 is 0 Å². The van der Waals surface area contributed by atoms with E-state index in [1.54, 1.807) is 0 Å². The highest BCUT2D eigenvalue weighted by molar-refractivity contribution is 5.74. The molecule has 0 aromatic carbocycles. The van der Waals surface area contributed by atoms with Gasteiger partial charge in [0.05, 0.1) is 0 Å². The number of nitrogens with one attached hydrogen (secondary N) is 1. The van der Waals surface area contributed by atoms with Crippen LogP contribution in [0.2, 0.25) is 0 Å². The van der Waals surface area contributed by atoms with Gasteiger partial charge in [-0.2, -0.15) is 0 Å². The average Bonchev–Trinajstić information content (AvgIpc) is 2.29. The number of carbonyl (C=O) groups excluding carboxylic acids is 1. The second-order valence-corrected chi connectivity index (χ2v) is 5.86. The van der Waals surface area contributed by atoms with Crippen LogP contribution in [0.5, 0.6) is 0 Å². The second-order valence-electron chi connectivity index (χ2n) is 5.86. The molecule has 0 spiro atoms. The summed E-state index contributed by atoms with van der Waals surface area (Å²) in [6.45, 7) is 11.4. The van der Waals surface area contributed by atoms with E-state index in [0.29, 0.717) is 18.9 Å². The van der Waals surface area contributed by atoms with E-state index >= 15 is 0 Å². The molecule has 0 aliphatic rings. The van der Waals surface area contributed by atoms with Gasteiger partial charge in [0, 0.05) is 25.6 Å². The highest BCUT2D eigenvalue weighted by Gasteiger charge is 2.18. The third-order valence-electron chi connectivity index (χ3n) is 2.90. The number of amides is 2. The molecular formula is C14H28N2O3. The molecule has 0 aliphatic heterocycles. The summed E-state index contributed by atoms with van der Waals surface area (Å²) in [6, 6.07) is 0.0996. The molecule has 0 fully saturated rings. The van der Waals surface area contributed by atoms with Crippen molar-refractivity contribution >= 4 is 12.0 Å². The molecule has 1 unspecified atom stereocenters. The topological polar surface area (TPSA) is 69.6 Å². The number of hydrogen-bond donors (Lipinski definition) is 2. The fraction of sp³-hybridized carbons (Fsp3) is 0.857. The molecule has 1 atom stereocenters. The van der Waals surface area contributed by atoms with Crippen molar-refractivity contribution in [1.82, 2.24) is 10.2 Å². The Kier molecular flexibility index (Phi) is 8.19. The van der Waals surface area contributed by atoms with Crippen molar-refractivity contribution in [3.05, 3.63) is 0 Å². The maximum atomic E-state index is 12.1. The van der Waals surface area contributed by atoms with E-state index in [9.17, 15) is 9.59 Å². The Bertz CT molecular complexity index is 290. The van der Waals surface area contributed by atoms with Crippen LogP contribution in [0.3, 0.4) is 0 Å². The van der Waals surface area contributed by atoms with Gasteiger partial charge in [-0.3, -0.25) is 4.79 Å². The lowest BCUT2D eigenvalue weighted by Gasteiger charge is -2.29. The highest BCUT2D eigenvalue weighted by atomic mass is 16.4. The summed E-state index contributed by atoms with van der Waals surface area (Å²) in [7, 11) is 0. The summed E-state index contributed by atoms with van der Waals surface area (Å²) in [6.07, 6.45) is 0.735. The largest absolute Gasteiger partial charge is 0.481 e. The van der Waals surface area contributed by atoms with Crippen LogP contribution in [0.25, 0.3) is 0 Å². The van der Waals surface area contributed by atoms with Crippen LogP contribution in [-0.4, -0.2) is 41.1 Å². The van der Waals surface area contributed by atoms with Crippen molar-refractivity contribution < 1.29 is 14.7 Å². The average molecular weight is 272 g/mol. The fourth-order valence-corrected chi connectivity index (χ4v) is 1.76. The molecule has 5 heteroatoms. The Labute approximate surface area is 116 Å². The second kappa shape index (κ2) is 8.77. The summed E-state index contributed by atoms with van der Waals surface area (Å²) in [5.74, 6) is -0.188. The molecule has 112 valence electrons. The Morgan fingerprint density at radius 1 is 1.16 bits per heavy atom. The molecule has 0 aromatic heterocycles. The van der Waals surface area contributed by atoms with Gasteiger partial charge < -0.3 is 15.3 Å². The zero-order valence-corrected chi connectivity index (χ0v) is 12.8. The number of urea groups is 1. The van der Waals surface area contributed by atoms with Crippen LogP contribution in [0, 0.1) is 11.8 Å². The van der Waals surface area contributed by atoms with Crippen molar-refractivity contribution in [3.63, 3.8) is 0 Å². The SMILES string of the molecule is CC(C)CN(C(=O)NCC(C)CCC(=O)O)C(C)C. The standard InChI is InChI=1S/C14H28N2O3/c1-10(2)9-16(11(3)4)14(19)15-8-12(5)6-7-13(17)18/h10-12H,6-9H2,1-5H3,(H,15,19)(H,17,18). The van der Waals surface area contributed by atoms with Gasteiger partial charge in [0.15, 0.2) is 0 Å². The summed E-state index contributed by atoms with van der Waals surface area (Å²) < 4.78 is 0. The van der Waals surface area contributed by atoms with Crippen LogP contribution in [0.15, 0.2) is 0 Å². The normalized spacial score (nSPS) is 12.6. The maximum absolute atomic E-state index is 12.1. The number of aliphatic carboxylic acids is 1. The van der Waals surface area contributed by atoms with Gasteiger partial charge in [0.25, 0.3) is 0 Å². The van der Waals surface area contributed by atoms with Crippen molar-refractivity contribution in [2.24, 2.45) is 11.8 Å². The Morgan fingerprint density at radius 3 is 2.16 bits per heavy atom. The predicted octanol–water partition coefficient (Wildman–Crippen LogP) is 2.56. The van der Waals surface area contributed by atoms with Crippen LogP contribution < -0.4 is 5.32 Å². The zero-order chi connectivity index (χ0) is 15.0.